The van der Waals surface area contributed by atoms with E-state index in [0.29, 0.717) is 35.2 Å². The fourth-order valence-corrected chi connectivity index (χ4v) is 2.49. The van der Waals surface area contributed by atoms with Crippen molar-refractivity contribution in [3.63, 3.8) is 0 Å². The smallest absolute Gasteiger partial charge is 0.269 e. The van der Waals surface area contributed by atoms with E-state index in [1.807, 2.05) is 0 Å². The summed E-state index contributed by atoms with van der Waals surface area (Å²) in [6, 6.07) is 7.15. The molecular weight excluding hydrogens is 334 g/mol. The monoisotopic (exact) mass is 353 g/mol. The predicted molar refractivity (Wildman–Crippen MR) is 98.9 cm³/mol. The Labute approximate surface area is 150 Å². The lowest BCUT2D eigenvalue weighted by atomic mass is 9.97. The second kappa shape index (κ2) is 8.57. The van der Waals surface area contributed by atoms with Gasteiger partial charge >= 0.3 is 0 Å². The van der Waals surface area contributed by atoms with E-state index >= 15 is 0 Å². The van der Waals surface area contributed by atoms with Crippen molar-refractivity contribution in [1.29, 1.82) is 0 Å². The summed E-state index contributed by atoms with van der Waals surface area (Å²) < 4.78 is 0. The van der Waals surface area contributed by atoms with Crippen LogP contribution in [0.1, 0.15) is 16.7 Å². The number of allylic oxidation sites excluding steroid dienone is 2. The van der Waals surface area contributed by atoms with Crippen LogP contribution < -0.4 is 0 Å². The zero-order valence-electron chi connectivity index (χ0n) is 14.1. The van der Waals surface area contributed by atoms with Crippen LogP contribution in [-0.4, -0.2) is 15.1 Å². The zero-order valence-corrected chi connectivity index (χ0v) is 14.1. The molecule has 2 aromatic rings. The van der Waals surface area contributed by atoms with Gasteiger partial charge in [0.05, 0.1) is 17.2 Å². The van der Waals surface area contributed by atoms with Crippen LogP contribution in [0.3, 0.4) is 0 Å². The molecule has 2 aromatic carbocycles. The molecule has 2 N–H and O–H groups in total. The molecule has 0 aliphatic rings. The molecule has 0 amide bonds. The van der Waals surface area contributed by atoms with Gasteiger partial charge < -0.3 is 10.2 Å². The van der Waals surface area contributed by atoms with Crippen molar-refractivity contribution in [3.8, 4) is 11.5 Å². The average Bonchev–Trinajstić information content (AvgIpc) is 2.62. The van der Waals surface area contributed by atoms with Crippen LogP contribution in [-0.2, 0) is 19.4 Å². The van der Waals surface area contributed by atoms with Crippen LogP contribution >= 0.6 is 0 Å². The number of non-ortho nitro benzene ring substituents is 1. The van der Waals surface area contributed by atoms with Crippen LogP contribution in [0, 0.1) is 10.1 Å². The molecule has 0 aromatic heterocycles. The van der Waals surface area contributed by atoms with Gasteiger partial charge in [-0.1, -0.05) is 12.2 Å². The number of aromatic hydroxyl groups is 2. The molecule has 0 radical (unpaired) electrons. The minimum absolute atomic E-state index is 0.0306. The van der Waals surface area contributed by atoms with E-state index in [0.717, 1.165) is 0 Å². The molecule has 0 saturated carbocycles. The largest absolute Gasteiger partial charge is 0.508 e. The quantitative estimate of drug-likeness (QED) is 0.235. The van der Waals surface area contributed by atoms with Crippen molar-refractivity contribution in [2.75, 3.05) is 0 Å². The van der Waals surface area contributed by atoms with Gasteiger partial charge in [-0.3, -0.25) is 10.1 Å². The molecule has 0 saturated heterocycles. The molecule has 0 spiro atoms. The average molecular weight is 353 g/mol. The number of phenolic OH excluding ortho intramolecular Hbond substituents is 2. The van der Waals surface area contributed by atoms with Crippen LogP contribution in [0.25, 0.3) is 0 Å². The number of nitro benzene ring substituents is 1. The molecular formula is C19H19N3O4. The van der Waals surface area contributed by atoms with Crippen LogP contribution in [0.15, 0.2) is 65.9 Å². The molecule has 0 heterocycles. The number of rotatable bonds is 8. The van der Waals surface area contributed by atoms with E-state index < -0.39 is 4.92 Å². The molecule has 2 rings (SSSR count). The highest BCUT2D eigenvalue weighted by atomic mass is 16.6. The van der Waals surface area contributed by atoms with Crippen molar-refractivity contribution in [2.45, 2.75) is 19.4 Å². The molecule has 26 heavy (non-hydrogen) atoms. The Kier molecular flexibility index (Phi) is 6.21. The third-order valence-corrected chi connectivity index (χ3v) is 3.76. The summed E-state index contributed by atoms with van der Waals surface area (Å²) in [7, 11) is 0. The van der Waals surface area contributed by atoms with Crippen LogP contribution in [0.4, 0.5) is 11.4 Å². The molecule has 7 nitrogen and oxygen atoms in total. The normalized spacial score (nSPS) is 10.8. The number of hydrogen-bond donors (Lipinski definition) is 2. The van der Waals surface area contributed by atoms with E-state index in [9.17, 15) is 20.3 Å². The summed E-state index contributed by atoms with van der Waals surface area (Å²) in [5.74, 6) is 0.0993. The Bertz CT molecular complexity index is 858. The Morgan fingerprint density at radius 2 is 1.73 bits per heavy atom. The third kappa shape index (κ3) is 4.32. The minimum atomic E-state index is -0.492. The fourth-order valence-electron chi connectivity index (χ4n) is 2.49. The SMILES string of the molecule is C=CCc1cc(O)c(CC=C)c(CN=Nc2ccc([N+](=O)[O-])cc2)c1O. The van der Waals surface area contributed by atoms with Gasteiger partial charge in [0.2, 0.25) is 0 Å². The van der Waals surface area contributed by atoms with Gasteiger partial charge in [0.1, 0.15) is 11.5 Å². The summed E-state index contributed by atoms with van der Waals surface area (Å²) in [5, 5.41) is 39.4. The van der Waals surface area contributed by atoms with Gasteiger partial charge in [-0.05, 0) is 31.0 Å². The Balaban J connectivity index is 2.30. The molecule has 0 fully saturated rings. The van der Waals surface area contributed by atoms with Gasteiger partial charge in [-0.25, -0.2) is 0 Å². The van der Waals surface area contributed by atoms with Gasteiger partial charge in [0.15, 0.2) is 0 Å². The maximum Gasteiger partial charge on any atom is 0.269 e. The van der Waals surface area contributed by atoms with Gasteiger partial charge in [0, 0.05) is 28.8 Å². The second-order valence-corrected chi connectivity index (χ2v) is 5.52. The second-order valence-electron chi connectivity index (χ2n) is 5.52. The maximum atomic E-state index is 10.6. The molecule has 0 unspecified atom stereocenters. The molecule has 0 aliphatic carbocycles. The zero-order chi connectivity index (χ0) is 19.1. The highest BCUT2D eigenvalue weighted by Crippen LogP contribution is 2.35. The number of nitrogens with zero attached hydrogens (tertiary/aromatic N) is 3. The maximum absolute atomic E-state index is 10.6. The highest BCUT2D eigenvalue weighted by Gasteiger charge is 2.16. The first-order chi connectivity index (χ1) is 12.5. The van der Waals surface area contributed by atoms with E-state index in [2.05, 4.69) is 23.4 Å². The van der Waals surface area contributed by atoms with E-state index in [-0.39, 0.29) is 23.7 Å². The Hall–Kier alpha value is -3.48. The lowest BCUT2D eigenvalue weighted by Crippen LogP contribution is -1.97. The van der Waals surface area contributed by atoms with Crippen LogP contribution in [0.5, 0.6) is 11.5 Å². The first kappa shape index (κ1) is 18.9. The lowest BCUT2D eigenvalue weighted by molar-refractivity contribution is -0.384. The molecule has 7 heteroatoms. The number of phenols is 2. The van der Waals surface area contributed by atoms with Crippen molar-refractivity contribution in [2.24, 2.45) is 10.2 Å². The van der Waals surface area contributed by atoms with Gasteiger partial charge in [-0.15, -0.1) is 13.2 Å². The summed E-state index contributed by atoms with van der Waals surface area (Å²) >= 11 is 0. The van der Waals surface area contributed by atoms with E-state index in [4.69, 9.17) is 0 Å². The Morgan fingerprint density at radius 3 is 2.31 bits per heavy atom. The molecule has 0 bridgehead atoms. The van der Waals surface area contributed by atoms with E-state index in [1.165, 1.54) is 30.3 Å². The number of benzene rings is 2. The summed E-state index contributed by atoms with van der Waals surface area (Å²) in [6.45, 7) is 7.34. The first-order valence-electron chi connectivity index (χ1n) is 7.87. The van der Waals surface area contributed by atoms with Crippen molar-refractivity contribution < 1.29 is 15.1 Å². The van der Waals surface area contributed by atoms with Gasteiger partial charge in [0.25, 0.3) is 5.69 Å². The summed E-state index contributed by atoms with van der Waals surface area (Å²) in [6.07, 6.45) is 4.03. The van der Waals surface area contributed by atoms with E-state index in [1.54, 1.807) is 12.2 Å². The topological polar surface area (TPSA) is 108 Å². The fraction of sp³-hybridized carbons (Fsp3) is 0.158. The van der Waals surface area contributed by atoms with Crippen LogP contribution in [0.2, 0.25) is 0 Å². The van der Waals surface area contributed by atoms with Crippen molar-refractivity contribution in [1.82, 2.24) is 0 Å². The lowest BCUT2D eigenvalue weighted by Gasteiger charge is -2.14. The molecule has 134 valence electrons. The summed E-state index contributed by atoms with van der Waals surface area (Å²) in [4.78, 5) is 10.2. The predicted octanol–water partition coefficient (Wildman–Crippen LogP) is 4.75. The molecule has 0 atom stereocenters. The number of nitro groups is 1. The Morgan fingerprint density at radius 1 is 1.08 bits per heavy atom. The first-order valence-corrected chi connectivity index (χ1v) is 7.87. The van der Waals surface area contributed by atoms with Crippen molar-refractivity contribution in [3.05, 3.63) is 82.4 Å². The van der Waals surface area contributed by atoms with Gasteiger partial charge in [-0.2, -0.15) is 10.2 Å². The standard InChI is InChI=1S/C19H19N3O4/c1-3-5-13-11-18(23)16(6-4-2)17(19(13)24)12-20-21-14-7-9-15(10-8-14)22(25)26/h3-4,7-11,23-24H,1-2,5-6,12H2. The van der Waals surface area contributed by atoms with Crippen molar-refractivity contribution >= 4 is 11.4 Å². The number of azo groups is 1. The highest BCUT2D eigenvalue weighted by molar-refractivity contribution is 5.54. The number of hydrogen-bond acceptors (Lipinski definition) is 6. The molecule has 0 aliphatic heterocycles. The minimum Gasteiger partial charge on any atom is -0.508 e. The third-order valence-electron chi connectivity index (χ3n) is 3.76. The summed E-state index contributed by atoms with van der Waals surface area (Å²) in [5.41, 5.74) is 1.97.